The van der Waals surface area contributed by atoms with Crippen LogP contribution in [0.2, 0.25) is 0 Å². The molecule has 0 nitrogen and oxygen atoms in total. The lowest BCUT2D eigenvalue weighted by molar-refractivity contribution is 0.576. The Kier molecular flexibility index (Phi) is 12.5. The Hall–Kier alpha value is 1.16. The fourth-order valence-electron chi connectivity index (χ4n) is 1.42. The van der Waals surface area contributed by atoms with E-state index in [0.717, 1.165) is 12.8 Å². The van der Waals surface area contributed by atoms with Crippen molar-refractivity contribution in [3.8, 4) is 0 Å². The fourth-order valence-corrected chi connectivity index (χ4v) is 2.03. The first-order valence-corrected chi connectivity index (χ1v) is 7.55. The lowest BCUT2D eigenvalue weighted by Crippen LogP contribution is -2.00. The van der Waals surface area contributed by atoms with Gasteiger partial charge in [-0.3, -0.25) is 0 Å². The smallest absolute Gasteiger partial charge is 0.0471 e. The molecule has 0 aliphatic carbocycles. The molecule has 0 rings (SSSR count). The molecule has 0 aliphatic rings. The Morgan fingerprint density at radius 2 is 0.933 bits per heavy atom. The van der Waals surface area contributed by atoms with E-state index in [1.165, 1.54) is 32.1 Å². The second-order valence-electron chi connectivity index (χ2n) is 3.85. The van der Waals surface area contributed by atoms with Gasteiger partial charge in [0.05, 0.1) is 0 Å². The van der Waals surface area contributed by atoms with Crippen molar-refractivity contribution in [1.82, 2.24) is 0 Å². The zero-order valence-electron chi connectivity index (χ0n) is 9.03. The predicted molar refractivity (Wildman–Crippen MR) is 73.0 cm³/mol. The molecule has 0 bridgehead atoms. The maximum atomic E-state index is 5.90. The van der Waals surface area contributed by atoms with Crippen LogP contribution in [-0.2, 0) is 0 Å². The molecule has 0 saturated heterocycles. The van der Waals surface area contributed by atoms with Gasteiger partial charge in [-0.2, -0.15) is 0 Å². The molecule has 0 aromatic heterocycles. The standard InChI is InChI=1S/C11H20Cl4/c12-8-10(14)6-4-2-1-3-5-7-11(15)9-13/h10-11H,1-9H2. The van der Waals surface area contributed by atoms with E-state index in [1.807, 2.05) is 0 Å². The number of unbranched alkanes of at least 4 members (excludes halogenated alkanes) is 4. The molecule has 0 aliphatic heterocycles. The van der Waals surface area contributed by atoms with Crippen molar-refractivity contribution in [3.63, 3.8) is 0 Å². The van der Waals surface area contributed by atoms with E-state index in [1.54, 1.807) is 0 Å². The van der Waals surface area contributed by atoms with Crippen molar-refractivity contribution >= 4 is 46.4 Å². The van der Waals surface area contributed by atoms with Gasteiger partial charge in [-0.05, 0) is 12.8 Å². The monoisotopic (exact) mass is 292 g/mol. The summed E-state index contributed by atoms with van der Waals surface area (Å²) in [7, 11) is 0. The molecule has 0 aromatic carbocycles. The lowest BCUT2D eigenvalue weighted by Gasteiger charge is -2.06. The SMILES string of the molecule is ClCC(Cl)CCCCCCCC(Cl)CCl. The van der Waals surface area contributed by atoms with Crippen LogP contribution in [0, 0.1) is 0 Å². The minimum absolute atomic E-state index is 0.148. The molecule has 2 unspecified atom stereocenters. The number of rotatable bonds is 10. The summed E-state index contributed by atoms with van der Waals surface area (Å²) in [4.78, 5) is 0. The Morgan fingerprint density at radius 1 is 0.600 bits per heavy atom. The van der Waals surface area contributed by atoms with Gasteiger partial charge in [-0.1, -0.05) is 32.1 Å². The van der Waals surface area contributed by atoms with Crippen LogP contribution in [0.1, 0.15) is 44.9 Å². The van der Waals surface area contributed by atoms with Gasteiger partial charge in [-0.25, -0.2) is 0 Å². The van der Waals surface area contributed by atoms with E-state index in [-0.39, 0.29) is 10.8 Å². The largest absolute Gasteiger partial charge is 0.125 e. The van der Waals surface area contributed by atoms with Crippen molar-refractivity contribution in [2.24, 2.45) is 0 Å². The van der Waals surface area contributed by atoms with E-state index in [9.17, 15) is 0 Å². The van der Waals surface area contributed by atoms with Crippen LogP contribution in [0.15, 0.2) is 0 Å². The number of hydrogen-bond donors (Lipinski definition) is 0. The quantitative estimate of drug-likeness (QED) is 0.373. The third-order valence-corrected chi connectivity index (χ3v) is 4.18. The third kappa shape index (κ3) is 11.4. The summed E-state index contributed by atoms with van der Waals surface area (Å²) in [5, 5.41) is 0.297. The van der Waals surface area contributed by atoms with Gasteiger partial charge < -0.3 is 0 Å². The summed E-state index contributed by atoms with van der Waals surface area (Å²) in [5.74, 6) is 1.12. The zero-order chi connectivity index (χ0) is 11.5. The Balaban J connectivity index is 3.05. The number of hydrogen-bond acceptors (Lipinski definition) is 0. The first-order chi connectivity index (χ1) is 7.20. The highest BCUT2D eigenvalue weighted by Crippen LogP contribution is 2.14. The summed E-state index contributed by atoms with van der Waals surface area (Å²) < 4.78 is 0. The zero-order valence-corrected chi connectivity index (χ0v) is 12.1. The predicted octanol–water partition coefficient (Wildman–Crippen LogP) is 5.41. The first-order valence-electron chi connectivity index (χ1n) is 5.60. The molecule has 0 saturated carbocycles. The van der Waals surface area contributed by atoms with Gasteiger partial charge in [0.2, 0.25) is 0 Å². The topological polar surface area (TPSA) is 0 Å². The van der Waals surface area contributed by atoms with Crippen LogP contribution < -0.4 is 0 Å². The summed E-state index contributed by atoms with van der Waals surface area (Å²) in [6.45, 7) is 0. The highest BCUT2D eigenvalue weighted by atomic mass is 35.5. The van der Waals surface area contributed by atoms with Crippen LogP contribution in [0.25, 0.3) is 0 Å². The molecule has 2 atom stereocenters. The van der Waals surface area contributed by atoms with Crippen molar-refractivity contribution in [2.45, 2.75) is 55.7 Å². The fraction of sp³-hybridized carbons (Fsp3) is 1.00. The maximum absolute atomic E-state index is 5.90. The van der Waals surface area contributed by atoms with Gasteiger partial charge in [0.1, 0.15) is 0 Å². The Bertz CT molecular complexity index is 116. The highest BCUT2D eigenvalue weighted by Gasteiger charge is 2.03. The molecule has 0 heterocycles. The molecule has 15 heavy (non-hydrogen) atoms. The van der Waals surface area contributed by atoms with Gasteiger partial charge in [0, 0.05) is 22.5 Å². The van der Waals surface area contributed by atoms with E-state index in [4.69, 9.17) is 46.4 Å². The molecule has 92 valence electrons. The highest BCUT2D eigenvalue weighted by molar-refractivity contribution is 6.28. The summed E-state index contributed by atoms with van der Waals surface area (Å²) in [5.41, 5.74) is 0. The first kappa shape index (κ1) is 16.2. The van der Waals surface area contributed by atoms with Crippen molar-refractivity contribution in [3.05, 3.63) is 0 Å². The normalized spacial score (nSPS) is 15.2. The summed E-state index contributed by atoms with van der Waals surface area (Å²) >= 11 is 23.0. The van der Waals surface area contributed by atoms with Crippen LogP contribution in [0.5, 0.6) is 0 Å². The average Bonchev–Trinajstić information content (AvgIpc) is 2.26. The van der Waals surface area contributed by atoms with Crippen LogP contribution in [0.4, 0.5) is 0 Å². The second kappa shape index (κ2) is 11.6. The van der Waals surface area contributed by atoms with Crippen molar-refractivity contribution in [1.29, 1.82) is 0 Å². The Labute approximate surface area is 114 Å². The Morgan fingerprint density at radius 3 is 1.27 bits per heavy atom. The summed E-state index contributed by atoms with van der Waals surface area (Å²) in [6, 6.07) is 0. The second-order valence-corrected chi connectivity index (χ2v) is 5.70. The van der Waals surface area contributed by atoms with E-state index in [2.05, 4.69) is 0 Å². The molecular weight excluding hydrogens is 274 g/mol. The third-order valence-electron chi connectivity index (χ3n) is 2.37. The number of halogens is 4. The van der Waals surface area contributed by atoms with Crippen LogP contribution in [-0.4, -0.2) is 22.5 Å². The molecule has 4 heteroatoms. The lowest BCUT2D eigenvalue weighted by atomic mass is 10.1. The van der Waals surface area contributed by atoms with E-state index < -0.39 is 0 Å². The number of alkyl halides is 4. The van der Waals surface area contributed by atoms with Crippen LogP contribution in [0.3, 0.4) is 0 Å². The molecular formula is C11H20Cl4. The molecule has 0 radical (unpaired) electrons. The van der Waals surface area contributed by atoms with Crippen LogP contribution >= 0.6 is 46.4 Å². The molecule has 0 fully saturated rings. The van der Waals surface area contributed by atoms with Crippen molar-refractivity contribution < 1.29 is 0 Å². The minimum atomic E-state index is 0.148. The van der Waals surface area contributed by atoms with Gasteiger partial charge >= 0.3 is 0 Å². The average molecular weight is 294 g/mol. The van der Waals surface area contributed by atoms with Gasteiger partial charge in [0.15, 0.2) is 0 Å². The molecule has 0 N–H and O–H groups in total. The minimum Gasteiger partial charge on any atom is -0.125 e. The van der Waals surface area contributed by atoms with E-state index >= 15 is 0 Å². The van der Waals surface area contributed by atoms with Gasteiger partial charge in [-0.15, -0.1) is 46.4 Å². The molecule has 0 amide bonds. The van der Waals surface area contributed by atoms with E-state index in [0.29, 0.717) is 11.8 Å². The summed E-state index contributed by atoms with van der Waals surface area (Å²) in [6.07, 6.45) is 8.18. The molecule has 0 aromatic rings. The maximum Gasteiger partial charge on any atom is 0.0471 e. The van der Waals surface area contributed by atoms with Gasteiger partial charge in [0.25, 0.3) is 0 Å². The molecule has 0 spiro atoms. The van der Waals surface area contributed by atoms with Crippen molar-refractivity contribution in [2.75, 3.05) is 11.8 Å².